The SMILES string of the molecule is CC(C)(C)CC(CC(=O)O)NC(=O)N1CCCC(N)C1. The molecule has 0 saturated carbocycles. The normalized spacial score (nSPS) is 21.4. The minimum Gasteiger partial charge on any atom is -0.481 e. The molecule has 1 heterocycles. The summed E-state index contributed by atoms with van der Waals surface area (Å²) in [5.74, 6) is -0.894. The maximum Gasteiger partial charge on any atom is 0.317 e. The van der Waals surface area contributed by atoms with Gasteiger partial charge < -0.3 is 21.1 Å². The van der Waals surface area contributed by atoms with E-state index in [2.05, 4.69) is 5.32 Å². The Hall–Kier alpha value is -1.30. The van der Waals surface area contributed by atoms with E-state index in [-0.39, 0.29) is 30.0 Å². The highest BCUT2D eigenvalue weighted by atomic mass is 16.4. The van der Waals surface area contributed by atoms with Crippen molar-refractivity contribution in [2.45, 2.75) is 58.5 Å². The largest absolute Gasteiger partial charge is 0.481 e. The molecule has 20 heavy (non-hydrogen) atoms. The topological polar surface area (TPSA) is 95.7 Å². The highest BCUT2D eigenvalue weighted by Gasteiger charge is 2.26. The van der Waals surface area contributed by atoms with Crippen molar-refractivity contribution < 1.29 is 14.7 Å². The summed E-state index contributed by atoms with van der Waals surface area (Å²) in [6.45, 7) is 7.33. The number of likely N-dealkylation sites (tertiary alicyclic amines) is 1. The molecule has 6 heteroatoms. The molecule has 0 aromatic rings. The van der Waals surface area contributed by atoms with Crippen LogP contribution in [0.15, 0.2) is 0 Å². The summed E-state index contributed by atoms with van der Waals surface area (Å²) in [6, 6.07) is -0.524. The van der Waals surface area contributed by atoms with Crippen molar-refractivity contribution in [2.75, 3.05) is 13.1 Å². The van der Waals surface area contributed by atoms with Crippen LogP contribution in [0, 0.1) is 5.41 Å². The van der Waals surface area contributed by atoms with Gasteiger partial charge in [-0.15, -0.1) is 0 Å². The van der Waals surface area contributed by atoms with Crippen LogP contribution in [-0.2, 0) is 4.79 Å². The van der Waals surface area contributed by atoms with E-state index in [1.165, 1.54) is 0 Å². The van der Waals surface area contributed by atoms with E-state index in [0.29, 0.717) is 19.5 Å². The number of nitrogens with one attached hydrogen (secondary N) is 1. The minimum absolute atomic E-state index is 0.0232. The van der Waals surface area contributed by atoms with Crippen LogP contribution < -0.4 is 11.1 Å². The minimum atomic E-state index is -0.894. The molecule has 1 rings (SSSR count). The lowest BCUT2D eigenvalue weighted by Crippen LogP contribution is -2.52. The molecule has 0 spiro atoms. The number of piperidine rings is 1. The van der Waals surface area contributed by atoms with E-state index in [1.54, 1.807) is 4.90 Å². The van der Waals surface area contributed by atoms with Crippen LogP contribution >= 0.6 is 0 Å². The first-order valence-electron chi connectivity index (χ1n) is 7.20. The van der Waals surface area contributed by atoms with Crippen molar-refractivity contribution in [2.24, 2.45) is 11.1 Å². The van der Waals surface area contributed by atoms with Crippen LogP contribution in [0.25, 0.3) is 0 Å². The zero-order valence-corrected chi connectivity index (χ0v) is 12.7. The molecular weight excluding hydrogens is 258 g/mol. The fourth-order valence-corrected chi connectivity index (χ4v) is 2.58. The number of nitrogens with two attached hydrogens (primary N) is 1. The van der Waals surface area contributed by atoms with Gasteiger partial charge in [0.25, 0.3) is 0 Å². The highest BCUT2D eigenvalue weighted by Crippen LogP contribution is 2.22. The Kier molecular flexibility index (Phi) is 5.80. The van der Waals surface area contributed by atoms with E-state index >= 15 is 0 Å². The number of hydrogen-bond acceptors (Lipinski definition) is 3. The highest BCUT2D eigenvalue weighted by molar-refractivity contribution is 5.76. The molecule has 0 aliphatic carbocycles. The van der Waals surface area contributed by atoms with Crippen LogP contribution in [0.5, 0.6) is 0 Å². The Morgan fingerprint density at radius 3 is 2.60 bits per heavy atom. The summed E-state index contributed by atoms with van der Waals surface area (Å²) in [4.78, 5) is 24.8. The van der Waals surface area contributed by atoms with Crippen molar-refractivity contribution >= 4 is 12.0 Å². The molecule has 6 nitrogen and oxygen atoms in total. The smallest absolute Gasteiger partial charge is 0.317 e. The van der Waals surface area contributed by atoms with Gasteiger partial charge in [-0.3, -0.25) is 4.79 Å². The van der Waals surface area contributed by atoms with Gasteiger partial charge in [-0.2, -0.15) is 0 Å². The molecule has 0 bridgehead atoms. The lowest BCUT2D eigenvalue weighted by Gasteiger charge is -2.33. The molecule has 0 radical (unpaired) electrons. The fraction of sp³-hybridized carbons (Fsp3) is 0.857. The molecule has 2 unspecified atom stereocenters. The van der Waals surface area contributed by atoms with Crippen LogP contribution in [0.2, 0.25) is 0 Å². The van der Waals surface area contributed by atoms with Gasteiger partial charge in [0.2, 0.25) is 0 Å². The van der Waals surface area contributed by atoms with Crippen LogP contribution in [0.4, 0.5) is 4.79 Å². The van der Waals surface area contributed by atoms with Crippen LogP contribution in [0.3, 0.4) is 0 Å². The van der Waals surface area contributed by atoms with E-state index in [9.17, 15) is 9.59 Å². The molecule has 1 aliphatic rings. The predicted octanol–water partition coefficient (Wildman–Crippen LogP) is 1.40. The third-order valence-electron chi connectivity index (χ3n) is 3.35. The van der Waals surface area contributed by atoms with Gasteiger partial charge in [-0.25, -0.2) is 4.79 Å². The number of carbonyl (C=O) groups is 2. The van der Waals surface area contributed by atoms with Crippen LogP contribution in [-0.4, -0.2) is 47.2 Å². The summed E-state index contributed by atoms with van der Waals surface area (Å²) in [6.07, 6.45) is 2.41. The Morgan fingerprint density at radius 2 is 2.10 bits per heavy atom. The third kappa shape index (κ3) is 6.23. The first-order valence-corrected chi connectivity index (χ1v) is 7.20. The summed E-state index contributed by atoms with van der Waals surface area (Å²) in [7, 11) is 0. The number of carboxylic acids is 1. The summed E-state index contributed by atoms with van der Waals surface area (Å²) in [5, 5.41) is 11.8. The lowest BCUT2D eigenvalue weighted by atomic mass is 9.87. The van der Waals surface area contributed by atoms with Gasteiger partial charge in [-0.1, -0.05) is 20.8 Å². The second-order valence-corrected chi connectivity index (χ2v) is 6.86. The molecule has 2 atom stereocenters. The molecule has 4 N–H and O–H groups in total. The number of nitrogens with zero attached hydrogens (tertiary/aromatic N) is 1. The van der Waals surface area contributed by atoms with E-state index in [0.717, 1.165) is 12.8 Å². The molecular formula is C14H27N3O3. The van der Waals surface area contributed by atoms with Crippen molar-refractivity contribution in [3.8, 4) is 0 Å². The van der Waals surface area contributed by atoms with Gasteiger partial charge in [0, 0.05) is 25.2 Å². The molecule has 116 valence electrons. The van der Waals surface area contributed by atoms with Crippen molar-refractivity contribution in [3.63, 3.8) is 0 Å². The number of urea groups is 1. The second-order valence-electron chi connectivity index (χ2n) is 6.86. The Morgan fingerprint density at radius 1 is 1.45 bits per heavy atom. The second kappa shape index (κ2) is 6.92. The Labute approximate surface area is 120 Å². The van der Waals surface area contributed by atoms with Crippen molar-refractivity contribution in [1.82, 2.24) is 10.2 Å². The molecule has 1 fully saturated rings. The first-order chi connectivity index (χ1) is 9.17. The average molecular weight is 285 g/mol. The van der Waals surface area contributed by atoms with Gasteiger partial charge in [0.1, 0.15) is 0 Å². The predicted molar refractivity (Wildman–Crippen MR) is 77.4 cm³/mol. The van der Waals surface area contributed by atoms with Gasteiger partial charge in [0.05, 0.1) is 6.42 Å². The van der Waals surface area contributed by atoms with E-state index in [1.807, 2.05) is 20.8 Å². The quantitative estimate of drug-likeness (QED) is 0.727. The maximum atomic E-state index is 12.2. The molecule has 1 aliphatic heterocycles. The van der Waals surface area contributed by atoms with E-state index in [4.69, 9.17) is 10.8 Å². The number of amides is 2. The maximum absolute atomic E-state index is 12.2. The zero-order valence-electron chi connectivity index (χ0n) is 12.7. The average Bonchev–Trinajstić information content (AvgIpc) is 2.25. The number of hydrogen-bond donors (Lipinski definition) is 3. The van der Waals surface area contributed by atoms with Gasteiger partial charge in [0.15, 0.2) is 0 Å². The zero-order chi connectivity index (χ0) is 15.3. The molecule has 0 aromatic heterocycles. The summed E-state index contributed by atoms with van der Waals surface area (Å²) >= 11 is 0. The van der Waals surface area contributed by atoms with E-state index < -0.39 is 5.97 Å². The van der Waals surface area contributed by atoms with Crippen LogP contribution in [0.1, 0.15) is 46.5 Å². The number of carboxylic acid groups (broad SMARTS) is 1. The molecule has 1 saturated heterocycles. The standard InChI is InChI=1S/C14H27N3O3/c1-14(2,3)8-11(7-12(18)19)16-13(20)17-6-4-5-10(15)9-17/h10-11H,4-9,15H2,1-3H3,(H,16,20)(H,18,19). The Bertz CT molecular complexity index is 352. The molecule has 0 aromatic carbocycles. The Balaban J connectivity index is 2.58. The van der Waals surface area contributed by atoms with Gasteiger partial charge >= 0.3 is 12.0 Å². The number of carbonyl (C=O) groups excluding carboxylic acids is 1. The van der Waals surface area contributed by atoms with Crippen molar-refractivity contribution in [1.29, 1.82) is 0 Å². The lowest BCUT2D eigenvalue weighted by molar-refractivity contribution is -0.137. The fourth-order valence-electron chi connectivity index (χ4n) is 2.58. The summed E-state index contributed by atoms with van der Waals surface area (Å²) < 4.78 is 0. The van der Waals surface area contributed by atoms with Gasteiger partial charge in [-0.05, 0) is 24.7 Å². The third-order valence-corrected chi connectivity index (χ3v) is 3.35. The van der Waals surface area contributed by atoms with Crippen molar-refractivity contribution in [3.05, 3.63) is 0 Å². The summed E-state index contributed by atoms with van der Waals surface area (Å²) in [5.41, 5.74) is 5.82. The molecule has 2 amide bonds. The number of rotatable bonds is 4. The monoisotopic (exact) mass is 285 g/mol. The first kappa shape index (κ1) is 16.8. The number of aliphatic carboxylic acids is 1.